The van der Waals surface area contributed by atoms with E-state index in [1.165, 1.54) is 12.1 Å². The molecule has 2 aromatic heterocycles. The molecule has 3 rings (SSSR count). The van der Waals surface area contributed by atoms with Crippen LogP contribution in [0.25, 0.3) is 11.0 Å². The Balaban J connectivity index is 2.32. The molecule has 0 amide bonds. The number of hydrogen-bond acceptors (Lipinski definition) is 5. The summed E-state index contributed by atoms with van der Waals surface area (Å²) in [5, 5.41) is 0.419. The average Bonchev–Trinajstić information content (AvgIpc) is 2.99. The molecular weight excluding hydrogens is 302 g/mol. The lowest BCUT2D eigenvalue weighted by Gasteiger charge is -2.11. The predicted molar refractivity (Wildman–Crippen MR) is 82.2 cm³/mol. The van der Waals surface area contributed by atoms with Crippen molar-refractivity contribution in [1.82, 2.24) is 9.97 Å². The van der Waals surface area contributed by atoms with Crippen molar-refractivity contribution in [2.75, 3.05) is 5.73 Å². The van der Waals surface area contributed by atoms with Crippen LogP contribution in [-0.4, -0.2) is 24.7 Å². The number of carbonyl (C=O) groups is 1. The number of fused-ring (bicyclic) bond motifs is 1. The Hall–Kier alpha value is -2.67. The van der Waals surface area contributed by atoms with Crippen LogP contribution < -0.4 is 5.73 Å². The molecule has 0 unspecified atom stereocenters. The average molecular weight is 315 g/mol. The maximum absolute atomic E-state index is 12.7. The summed E-state index contributed by atoms with van der Waals surface area (Å²) in [6.07, 6.45) is 2.35. The number of nitrogen functional groups attached to an aromatic ring is 1. The molecule has 6 nitrogen and oxygen atoms in total. The van der Waals surface area contributed by atoms with Gasteiger partial charge in [0.25, 0.3) is 0 Å². The molecule has 1 aromatic carbocycles. The number of sulfone groups is 1. The van der Waals surface area contributed by atoms with E-state index in [4.69, 9.17) is 5.73 Å². The summed E-state index contributed by atoms with van der Waals surface area (Å²) in [5.74, 6) is 0. The van der Waals surface area contributed by atoms with Gasteiger partial charge in [-0.2, -0.15) is 0 Å². The van der Waals surface area contributed by atoms with E-state index in [1.807, 2.05) is 0 Å². The fourth-order valence-corrected chi connectivity index (χ4v) is 3.71. The molecule has 0 aliphatic carbocycles. The number of carbonyl (C=O) groups excluding carboxylic acids is 1. The lowest BCUT2D eigenvalue weighted by atomic mass is 10.1. The summed E-state index contributed by atoms with van der Waals surface area (Å²) in [6, 6.07) is 9.66. The molecule has 0 aliphatic heterocycles. The maximum Gasteiger partial charge on any atom is 0.226 e. The highest BCUT2D eigenvalue weighted by Gasteiger charge is 2.25. The lowest BCUT2D eigenvalue weighted by molar-refractivity contribution is -0.107. The molecule has 0 aliphatic rings. The van der Waals surface area contributed by atoms with Gasteiger partial charge in [-0.3, -0.25) is 0 Å². The largest absolute Gasteiger partial charge is 0.396 e. The number of nitrogens with zero attached hydrogens (tertiary/aromatic N) is 1. The van der Waals surface area contributed by atoms with Gasteiger partial charge < -0.3 is 15.5 Å². The SMILES string of the molecule is Nc1c(S(=O)(=O)c2ccccc2)nc2[nH]ccc2c1CC=O. The maximum atomic E-state index is 12.7. The number of aldehydes is 1. The van der Waals surface area contributed by atoms with Gasteiger partial charge in [-0.15, -0.1) is 0 Å². The normalized spacial score (nSPS) is 11.6. The first kappa shape index (κ1) is 14.3. The number of nitrogens with one attached hydrogen (secondary N) is 1. The highest BCUT2D eigenvalue weighted by Crippen LogP contribution is 2.31. The van der Waals surface area contributed by atoms with Crippen molar-refractivity contribution in [3.63, 3.8) is 0 Å². The molecule has 112 valence electrons. The van der Waals surface area contributed by atoms with Gasteiger partial charge in [0.05, 0.1) is 10.6 Å². The Morgan fingerprint density at radius 3 is 2.59 bits per heavy atom. The third-order valence-corrected chi connectivity index (χ3v) is 5.13. The van der Waals surface area contributed by atoms with Gasteiger partial charge in [0.1, 0.15) is 11.9 Å². The fraction of sp³-hybridized carbons (Fsp3) is 0.0667. The Morgan fingerprint density at radius 1 is 1.18 bits per heavy atom. The summed E-state index contributed by atoms with van der Waals surface area (Å²) in [7, 11) is -3.85. The number of benzene rings is 1. The molecule has 0 fully saturated rings. The molecular formula is C15H13N3O3S. The molecule has 0 atom stereocenters. The van der Waals surface area contributed by atoms with E-state index < -0.39 is 9.84 Å². The predicted octanol–water partition coefficient (Wildman–Crippen LogP) is 1.72. The van der Waals surface area contributed by atoms with Gasteiger partial charge in [0, 0.05) is 18.0 Å². The number of H-pyrrole nitrogens is 1. The third kappa shape index (κ3) is 2.15. The van der Waals surface area contributed by atoms with E-state index in [0.29, 0.717) is 22.9 Å². The highest BCUT2D eigenvalue weighted by molar-refractivity contribution is 7.91. The zero-order valence-electron chi connectivity index (χ0n) is 11.5. The molecule has 0 bridgehead atoms. The second-order valence-electron chi connectivity index (χ2n) is 4.74. The van der Waals surface area contributed by atoms with Crippen LogP contribution in [0.15, 0.2) is 52.5 Å². The number of aromatic amines is 1. The van der Waals surface area contributed by atoms with Gasteiger partial charge >= 0.3 is 0 Å². The Bertz CT molecular complexity index is 947. The minimum Gasteiger partial charge on any atom is -0.396 e. The molecule has 2 heterocycles. The van der Waals surface area contributed by atoms with Gasteiger partial charge in [0.2, 0.25) is 9.84 Å². The number of nitrogens with two attached hydrogens (primary N) is 1. The van der Waals surface area contributed by atoms with E-state index in [-0.39, 0.29) is 22.0 Å². The molecule has 0 radical (unpaired) electrons. The van der Waals surface area contributed by atoms with Crippen LogP contribution in [0.2, 0.25) is 0 Å². The monoisotopic (exact) mass is 315 g/mol. The smallest absolute Gasteiger partial charge is 0.226 e. The molecule has 22 heavy (non-hydrogen) atoms. The third-order valence-electron chi connectivity index (χ3n) is 3.41. The number of rotatable bonds is 4. The number of anilines is 1. The van der Waals surface area contributed by atoms with Crippen molar-refractivity contribution in [1.29, 1.82) is 0 Å². The van der Waals surface area contributed by atoms with Crippen LogP contribution in [-0.2, 0) is 21.1 Å². The van der Waals surface area contributed by atoms with Crippen LogP contribution in [0.3, 0.4) is 0 Å². The van der Waals surface area contributed by atoms with Crippen molar-refractivity contribution in [3.05, 3.63) is 48.2 Å². The molecule has 0 spiro atoms. The van der Waals surface area contributed by atoms with Crippen LogP contribution in [0.5, 0.6) is 0 Å². The van der Waals surface area contributed by atoms with E-state index >= 15 is 0 Å². The van der Waals surface area contributed by atoms with Crippen LogP contribution >= 0.6 is 0 Å². The molecule has 7 heteroatoms. The van der Waals surface area contributed by atoms with Crippen molar-refractivity contribution >= 4 is 32.8 Å². The van der Waals surface area contributed by atoms with Crippen LogP contribution in [0.1, 0.15) is 5.56 Å². The van der Waals surface area contributed by atoms with Gasteiger partial charge in [-0.05, 0) is 23.8 Å². The molecule has 0 saturated heterocycles. The Labute approximate surface area is 126 Å². The Morgan fingerprint density at radius 2 is 1.91 bits per heavy atom. The van der Waals surface area contributed by atoms with Crippen molar-refractivity contribution in [2.45, 2.75) is 16.3 Å². The lowest BCUT2D eigenvalue weighted by Crippen LogP contribution is -2.11. The number of hydrogen-bond donors (Lipinski definition) is 2. The van der Waals surface area contributed by atoms with E-state index in [2.05, 4.69) is 9.97 Å². The first-order valence-electron chi connectivity index (χ1n) is 6.55. The first-order chi connectivity index (χ1) is 10.6. The minimum absolute atomic E-state index is 0.0167. The van der Waals surface area contributed by atoms with Crippen molar-refractivity contribution < 1.29 is 13.2 Å². The second kappa shape index (κ2) is 5.27. The van der Waals surface area contributed by atoms with Crippen LogP contribution in [0.4, 0.5) is 5.69 Å². The van der Waals surface area contributed by atoms with Gasteiger partial charge in [0.15, 0.2) is 5.03 Å². The summed E-state index contributed by atoms with van der Waals surface area (Å²) in [5.41, 5.74) is 6.88. The summed E-state index contributed by atoms with van der Waals surface area (Å²) in [4.78, 5) is 18.0. The van der Waals surface area contributed by atoms with E-state index in [0.717, 1.165) is 0 Å². The first-order valence-corrected chi connectivity index (χ1v) is 8.03. The van der Waals surface area contributed by atoms with Gasteiger partial charge in [-0.25, -0.2) is 13.4 Å². The highest BCUT2D eigenvalue weighted by atomic mass is 32.2. The topological polar surface area (TPSA) is 106 Å². The van der Waals surface area contributed by atoms with E-state index in [1.54, 1.807) is 30.5 Å². The zero-order valence-corrected chi connectivity index (χ0v) is 12.3. The fourth-order valence-electron chi connectivity index (χ4n) is 2.35. The summed E-state index contributed by atoms with van der Waals surface area (Å²) >= 11 is 0. The molecule has 0 saturated carbocycles. The second-order valence-corrected chi connectivity index (χ2v) is 6.60. The standard InChI is InChI=1S/C15H13N3O3S/c16-13-11(7-9-19)12-6-8-17-14(12)18-15(13)22(20,21)10-4-2-1-3-5-10/h1-6,8-9H,7,16H2,(H,17,18). The van der Waals surface area contributed by atoms with Gasteiger partial charge in [-0.1, -0.05) is 18.2 Å². The van der Waals surface area contributed by atoms with Crippen molar-refractivity contribution in [2.24, 2.45) is 0 Å². The summed E-state index contributed by atoms with van der Waals surface area (Å²) in [6.45, 7) is 0. The van der Waals surface area contributed by atoms with Crippen LogP contribution in [0, 0.1) is 0 Å². The number of pyridine rings is 1. The quantitative estimate of drug-likeness (QED) is 0.713. The Kier molecular flexibility index (Phi) is 3.42. The molecule has 3 N–H and O–H groups in total. The minimum atomic E-state index is -3.85. The molecule has 3 aromatic rings. The van der Waals surface area contributed by atoms with E-state index in [9.17, 15) is 13.2 Å². The zero-order chi connectivity index (χ0) is 15.7. The summed E-state index contributed by atoms with van der Waals surface area (Å²) < 4.78 is 25.5. The number of aromatic nitrogens is 2. The van der Waals surface area contributed by atoms with Crippen molar-refractivity contribution in [3.8, 4) is 0 Å².